The lowest BCUT2D eigenvalue weighted by molar-refractivity contribution is 0.527. The first-order valence-corrected chi connectivity index (χ1v) is 12.3. The number of hydrogen-bond acceptors (Lipinski definition) is 1. The maximum Gasteiger partial charge on any atom is 0.168 e. The van der Waals surface area contributed by atoms with Crippen LogP contribution in [-0.4, -0.2) is 0 Å². The number of nitrogens with zero attached hydrogens (tertiary/aromatic N) is 2. The highest BCUT2D eigenvalue weighted by Crippen LogP contribution is 2.50. The zero-order valence-corrected chi connectivity index (χ0v) is 20.0. The van der Waals surface area contributed by atoms with Crippen molar-refractivity contribution in [1.29, 1.82) is 0 Å². The molecule has 0 unspecified atom stereocenters. The summed E-state index contributed by atoms with van der Waals surface area (Å²) in [6.45, 7) is 0. The second-order valence-corrected chi connectivity index (χ2v) is 8.82. The van der Waals surface area contributed by atoms with Crippen LogP contribution in [0, 0.1) is 0 Å². The van der Waals surface area contributed by atoms with Crippen LogP contribution in [0.5, 0.6) is 0 Å². The van der Waals surface area contributed by atoms with E-state index >= 15 is 0 Å². The van der Waals surface area contributed by atoms with Gasteiger partial charge in [0.05, 0.1) is 11.4 Å². The number of benzene rings is 6. The maximum absolute atomic E-state index is 2.44. The highest BCUT2D eigenvalue weighted by atomic mass is 15.8. The Hall–Kier alpha value is -4.66. The van der Waals surface area contributed by atoms with Crippen LogP contribution >= 0.6 is 0 Å². The van der Waals surface area contributed by atoms with Crippen LogP contribution < -0.4 is 9.60 Å². The van der Waals surface area contributed by atoms with Crippen molar-refractivity contribution in [2.75, 3.05) is 5.01 Å². The molecule has 0 spiro atoms. The van der Waals surface area contributed by atoms with Crippen LogP contribution in [0.25, 0.3) is 10.8 Å². The van der Waals surface area contributed by atoms with E-state index in [2.05, 4.69) is 169 Å². The zero-order valence-electron chi connectivity index (χ0n) is 20.0. The molecule has 0 fully saturated rings. The van der Waals surface area contributed by atoms with E-state index in [1.165, 1.54) is 10.8 Å². The van der Waals surface area contributed by atoms with E-state index in [0.717, 1.165) is 28.4 Å². The summed E-state index contributed by atoms with van der Waals surface area (Å²) >= 11 is 0. The molecule has 0 heterocycles. The minimum atomic E-state index is 0.380. The highest BCUT2D eigenvalue weighted by Gasteiger charge is 2.44. The normalized spacial score (nSPS) is 11.3. The molecule has 0 saturated carbocycles. The van der Waals surface area contributed by atoms with Gasteiger partial charge < -0.3 is 0 Å². The molecular formula is C34H27N2+. The van der Waals surface area contributed by atoms with E-state index in [0.29, 0.717) is 4.59 Å². The SMILES string of the molecule is c1ccc(N(c2ccc3ccccc3c2)[N+](c2ccccc2)(c2ccccc2)c2ccccc2)cc1. The molecule has 6 aromatic carbocycles. The molecule has 0 radical (unpaired) electrons. The average molecular weight is 464 g/mol. The van der Waals surface area contributed by atoms with E-state index in [9.17, 15) is 0 Å². The van der Waals surface area contributed by atoms with Crippen molar-refractivity contribution >= 4 is 39.2 Å². The van der Waals surface area contributed by atoms with E-state index in [1.807, 2.05) is 0 Å². The van der Waals surface area contributed by atoms with Crippen LogP contribution in [-0.2, 0) is 0 Å². The average Bonchev–Trinajstić information content (AvgIpc) is 2.97. The predicted octanol–water partition coefficient (Wildman–Crippen LogP) is 9.56. The van der Waals surface area contributed by atoms with Gasteiger partial charge in [-0.2, -0.15) is 5.01 Å². The van der Waals surface area contributed by atoms with Crippen LogP contribution in [0.1, 0.15) is 0 Å². The second kappa shape index (κ2) is 9.53. The summed E-state index contributed by atoms with van der Waals surface area (Å²) in [4.78, 5) is 0. The number of fused-ring (bicyclic) bond motifs is 1. The fraction of sp³-hybridized carbons (Fsp3) is 0. The number of para-hydroxylation sites is 4. The summed E-state index contributed by atoms with van der Waals surface area (Å²) in [7, 11) is 0. The third-order valence-electron chi connectivity index (χ3n) is 6.67. The molecule has 6 aromatic rings. The van der Waals surface area contributed by atoms with Gasteiger partial charge in [0.15, 0.2) is 17.1 Å². The summed E-state index contributed by atoms with van der Waals surface area (Å²) in [5, 5.41) is 4.88. The quantitative estimate of drug-likeness (QED) is 0.176. The van der Waals surface area contributed by atoms with Gasteiger partial charge in [-0.15, -0.1) is 4.59 Å². The molecular weight excluding hydrogens is 436 g/mol. The van der Waals surface area contributed by atoms with E-state index < -0.39 is 0 Å². The van der Waals surface area contributed by atoms with Gasteiger partial charge in [0.1, 0.15) is 0 Å². The summed E-state index contributed by atoms with van der Waals surface area (Å²) in [5.74, 6) is 0. The minimum Gasteiger partial charge on any atom is -0.177 e. The summed E-state index contributed by atoms with van der Waals surface area (Å²) < 4.78 is 0.380. The first-order valence-electron chi connectivity index (χ1n) is 12.3. The largest absolute Gasteiger partial charge is 0.177 e. The molecule has 0 aliphatic carbocycles. The fourth-order valence-corrected chi connectivity index (χ4v) is 5.10. The van der Waals surface area contributed by atoms with E-state index in [1.54, 1.807) is 0 Å². The zero-order chi connectivity index (χ0) is 24.2. The molecule has 0 aliphatic rings. The minimum absolute atomic E-state index is 0.380. The van der Waals surface area contributed by atoms with Crippen LogP contribution in [0.15, 0.2) is 164 Å². The van der Waals surface area contributed by atoms with Gasteiger partial charge >= 0.3 is 0 Å². The number of anilines is 2. The molecule has 0 bridgehead atoms. The van der Waals surface area contributed by atoms with Crippen molar-refractivity contribution in [3.05, 3.63) is 164 Å². The molecule has 0 N–H and O–H groups in total. The standard InChI is InChI=1S/C34H27N2/c1-5-17-30(18-6-1)35(31-26-25-28-15-13-14-16-29(28)27-31)36(32-19-7-2-8-20-32,33-21-9-3-10-22-33)34-23-11-4-12-24-34/h1-27H/q+1. The van der Waals surface area contributed by atoms with Gasteiger partial charge in [0, 0.05) is 36.4 Å². The van der Waals surface area contributed by atoms with Crippen molar-refractivity contribution < 1.29 is 0 Å². The van der Waals surface area contributed by atoms with Gasteiger partial charge in [-0.1, -0.05) is 103 Å². The first-order chi connectivity index (χ1) is 17.9. The third-order valence-corrected chi connectivity index (χ3v) is 6.67. The summed E-state index contributed by atoms with van der Waals surface area (Å²) in [5.41, 5.74) is 5.64. The lowest BCUT2D eigenvalue weighted by atomic mass is 10.1. The van der Waals surface area contributed by atoms with Crippen LogP contribution in [0.3, 0.4) is 0 Å². The Morgan fingerprint density at radius 1 is 0.333 bits per heavy atom. The molecule has 2 heteroatoms. The fourth-order valence-electron chi connectivity index (χ4n) is 5.10. The molecule has 2 nitrogen and oxygen atoms in total. The molecule has 0 saturated heterocycles. The summed E-state index contributed by atoms with van der Waals surface area (Å²) in [6.07, 6.45) is 0. The lowest BCUT2D eigenvalue weighted by Crippen LogP contribution is -2.52. The number of quaternary nitrogens is 1. The third kappa shape index (κ3) is 3.74. The predicted molar refractivity (Wildman–Crippen MR) is 153 cm³/mol. The van der Waals surface area contributed by atoms with Gasteiger partial charge in [-0.25, -0.2) is 0 Å². The molecule has 6 rings (SSSR count). The maximum atomic E-state index is 2.44. The molecule has 0 atom stereocenters. The van der Waals surface area contributed by atoms with Crippen LogP contribution in [0.4, 0.5) is 28.4 Å². The summed E-state index contributed by atoms with van der Waals surface area (Å²) in [6, 6.07) is 58.3. The molecule has 0 amide bonds. The van der Waals surface area contributed by atoms with Crippen molar-refractivity contribution in [2.24, 2.45) is 0 Å². The topological polar surface area (TPSA) is 3.24 Å². The van der Waals surface area contributed by atoms with Crippen molar-refractivity contribution in [2.45, 2.75) is 0 Å². The van der Waals surface area contributed by atoms with Gasteiger partial charge in [-0.3, -0.25) is 0 Å². The van der Waals surface area contributed by atoms with Crippen molar-refractivity contribution in [1.82, 2.24) is 4.59 Å². The van der Waals surface area contributed by atoms with Gasteiger partial charge in [0.2, 0.25) is 0 Å². The Morgan fingerprint density at radius 2 is 0.750 bits per heavy atom. The van der Waals surface area contributed by atoms with Crippen molar-refractivity contribution in [3.63, 3.8) is 0 Å². The molecule has 0 aromatic heterocycles. The van der Waals surface area contributed by atoms with Gasteiger partial charge in [0.25, 0.3) is 0 Å². The molecule has 172 valence electrons. The number of hydrogen-bond donors (Lipinski definition) is 0. The number of rotatable bonds is 6. The first kappa shape index (κ1) is 21.8. The smallest absolute Gasteiger partial charge is 0.168 e. The van der Waals surface area contributed by atoms with E-state index in [-0.39, 0.29) is 0 Å². The second-order valence-electron chi connectivity index (χ2n) is 8.82. The monoisotopic (exact) mass is 463 g/mol. The Bertz CT molecular complexity index is 1470. The van der Waals surface area contributed by atoms with Gasteiger partial charge in [-0.05, 0) is 35.0 Å². The van der Waals surface area contributed by atoms with Crippen molar-refractivity contribution in [3.8, 4) is 0 Å². The van der Waals surface area contributed by atoms with E-state index in [4.69, 9.17) is 0 Å². The Balaban J connectivity index is 1.76. The molecule has 0 aliphatic heterocycles. The molecule has 36 heavy (non-hydrogen) atoms. The Kier molecular flexibility index (Phi) is 5.79. The highest BCUT2D eigenvalue weighted by molar-refractivity contribution is 5.89. The Morgan fingerprint density at radius 3 is 1.25 bits per heavy atom. The van der Waals surface area contributed by atoms with Crippen LogP contribution in [0.2, 0.25) is 0 Å². The Labute approximate surface area is 212 Å². The lowest BCUT2D eigenvalue weighted by Gasteiger charge is -2.45.